The van der Waals surface area contributed by atoms with Gasteiger partial charge in [-0.3, -0.25) is 19.2 Å². The van der Waals surface area contributed by atoms with Crippen molar-refractivity contribution in [2.24, 2.45) is 0 Å². The predicted molar refractivity (Wildman–Crippen MR) is 159 cm³/mol. The summed E-state index contributed by atoms with van der Waals surface area (Å²) in [4.78, 5) is 46.7. The van der Waals surface area contributed by atoms with Crippen LogP contribution in [0.2, 0.25) is 0 Å². The molecule has 0 spiro atoms. The van der Waals surface area contributed by atoms with Gasteiger partial charge in [0.25, 0.3) is 0 Å². The lowest BCUT2D eigenvalue weighted by Crippen LogP contribution is -2.11. The maximum Gasteiger partial charge on any atom is 0.303 e. The van der Waals surface area contributed by atoms with E-state index in [1.807, 2.05) is 0 Å². The lowest BCUT2D eigenvalue weighted by Gasteiger charge is -2.15. The van der Waals surface area contributed by atoms with Crippen LogP contribution in [0.3, 0.4) is 0 Å². The molecule has 232 valence electrons. The van der Waals surface area contributed by atoms with E-state index in [9.17, 15) is 19.2 Å². The van der Waals surface area contributed by atoms with Crippen molar-refractivity contribution in [1.29, 1.82) is 0 Å². The summed E-state index contributed by atoms with van der Waals surface area (Å²) < 4.78 is 53.6. The summed E-state index contributed by atoms with van der Waals surface area (Å²) in [7, 11) is 2.64. The van der Waals surface area contributed by atoms with Gasteiger partial charge in [-0.2, -0.15) is 0 Å². The molecule has 0 radical (unpaired) electrons. The minimum Gasteiger partial charge on any atom is -0.493 e. The van der Waals surface area contributed by atoms with Crippen LogP contribution >= 0.6 is 22.7 Å². The summed E-state index contributed by atoms with van der Waals surface area (Å²) in [5.41, 5.74) is 0.290. The Balaban J connectivity index is 1.48. The molecule has 0 aliphatic heterocycles. The van der Waals surface area contributed by atoms with Gasteiger partial charge in [-0.15, -0.1) is 22.7 Å². The second-order valence-electron chi connectivity index (χ2n) is 9.45. The molecule has 44 heavy (non-hydrogen) atoms. The van der Waals surface area contributed by atoms with Crippen LogP contribution in [0.25, 0.3) is 20.2 Å². The molecule has 2 aromatic carbocycles. The summed E-state index contributed by atoms with van der Waals surface area (Å²) in [5, 5.41) is 17.9. The molecule has 0 saturated heterocycles. The average Bonchev–Trinajstić information content (AvgIpc) is 3.62. The Morgan fingerprint density at radius 3 is 1.43 bits per heavy atom. The van der Waals surface area contributed by atoms with Crippen LogP contribution in [-0.4, -0.2) is 61.2 Å². The fourth-order valence-corrected chi connectivity index (χ4v) is 6.23. The van der Waals surface area contributed by atoms with Crippen LogP contribution < -0.4 is 18.9 Å². The largest absolute Gasteiger partial charge is 0.493 e. The number of carbonyl (C=O) groups excluding carboxylic acids is 2. The van der Waals surface area contributed by atoms with Gasteiger partial charge in [0.05, 0.1) is 36.8 Å². The quantitative estimate of drug-likeness (QED) is 0.102. The molecule has 0 aliphatic rings. The van der Waals surface area contributed by atoms with Crippen molar-refractivity contribution in [3.8, 4) is 23.0 Å². The monoisotopic (exact) mass is 648 g/mol. The maximum atomic E-state index is 15.5. The first-order valence-electron chi connectivity index (χ1n) is 13.0. The Labute approximate surface area is 257 Å². The molecular formula is C30H26F2O10S2. The number of carbonyl (C=O) groups is 4. The van der Waals surface area contributed by atoms with Gasteiger partial charge in [0.15, 0.2) is 46.2 Å². The lowest BCUT2D eigenvalue weighted by atomic mass is 10.1. The third kappa shape index (κ3) is 7.14. The van der Waals surface area contributed by atoms with Crippen LogP contribution in [0.1, 0.15) is 45.0 Å². The molecule has 0 atom stereocenters. The van der Waals surface area contributed by atoms with E-state index in [-0.39, 0.29) is 88.0 Å². The van der Waals surface area contributed by atoms with E-state index in [4.69, 9.17) is 29.2 Å². The number of carboxylic acid groups (broad SMARTS) is 2. The van der Waals surface area contributed by atoms with Crippen molar-refractivity contribution in [2.45, 2.75) is 25.7 Å². The van der Waals surface area contributed by atoms with E-state index in [0.717, 1.165) is 22.7 Å². The number of fused-ring (bicyclic) bond motifs is 2. The molecule has 0 bridgehead atoms. The van der Waals surface area contributed by atoms with Crippen LogP contribution in [0, 0.1) is 11.6 Å². The first-order chi connectivity index (χ1) is 20.9. The van der Waals surface area contributed by atoms with Crippen molar-refractivity contribution in [3.05, 3.63) is 57.8 Å². The van der Waals surface area contributed by atoms with E-state index >= 15 is 8.78 Å². The predicted octanol–water partition coefficient (Wildman–Crippen LogP) is 6.52. The SMILES string of the molecule is C=C(COc1c(OC)cc2sc(C(=O)CCC(=O)O)cc2c1F)COc1c(OC)cc2sc(C(=O)CCC(=O)O)cc2c1F. The number of rotatable bonds is 16. The van der Waals surface area contributed by atoms with E-state index in [1.54, 1.807) is 0 Å². The Hall–Kier alpha value is -4.56. The lowest BCUT2D eigenvalue weighted by molar-refractivity contribution is -0.137. The molecule has 0 saturated carbocycles. The fraction of sp³-hybridized carbons (Fsp3) is 0.267. The number of carboxylic acids is 2. The van der Waals surface area contributed by atoms with E-state index < -0.39 is 35.1 Å². The Kier molecular flexibility index (Phi) is 10.2. The summed E-state index contributed by atoms with van der Waals surface area (Å²) >= 11 is 2.01. The molecule has 2 N–H and O–H groups in total. The highest BCUT2D eigenvalue weighted by atomic mass is 32.1. The molecule has 0 fully saturated rings. The molecule has 2 aromatic heterocycles. The molecule has 4 rings (SSSR count). The summed E-state index contributed by atoms with van der Waals surface area (Å²) in [5.74, 6) is -5.03. The highest BCUT2D eigenvalue weighted by molar-refractivity contribution is 7.21. The van der Waals surface area contributed by atoms with Crippen molar-refractivity contribution in [1.82, 2.24) is 0 Å². The van der Waals surface area contributed by atoms with E-state index in [2.05, 4.69) is 6.58 Å². The van der Waals surface area contributed by atoms with Crippen LogP contribution in [0.15, 0.2) is 36.4 Å². The summed E-state index contributed by atoms with van der Waals surface area (Å²) in [6.07, 6.45) is -1.13. The number of benzene rings is 2. The molecule has 10 nitrogen and oxygen atoms in total. The van der Waals surface area contributed by atoms with Crippen LogP contribution in [0.5, 0.6) is 23.0 Å². The molecule has 0 aliphatic carbocycles. The van der Waals surface area contributed by atoms with Crippen LogP contribution in [0.4, 0.5) is 8.78 Å². The molecule has 2 heterocycles. The van der Waals surface area contributed by atoms with E-state index in [0.29, 0.717) is 9.40 Å². The van der Waals surface area contributed by atoms with E-state index in [1.165, 1.54) is 38.5 Å². The Morgan fingerprint density at radius 2 is 1.09 bits per heavy atom. The molecule has 4 aromatic rings. The van der Waals surface area contributed by atoms with Gasteiger partial charge >= 0.3 is 11.9 Å². The number of hydrogen-bond donors (Lipinski definition) is 2. The molecule has 0 amide bonds. The van der Waals surface area contributed by atoms with Crippen molar-refractivity contribution >= 4 is 66.4 Å². The van der Waals surface area contributed by atoms with Gasteiger partial charge in [0.2, 0.25) is 0 Å². The topological polar surface area (TPSA) is 146 Å². The van der Waals surface area contributed by atoms with Gasteiger partial charge in [-0.1, -0.05) is 6.58 Å². The number of aliphatic carboxylic acids is 2. The number of thiophene rings is 2. The molecule has 0 unspecified atom stereocenters. The maximum absolute atomic E-state index is 15.5. The van der Waals surface area contributed by atoms with Gasteiger partial charge < -0.3 is 29.2 Å². The first-order valence-corrected chi connectivity index (χ1v) is 14.6. The third-order valence-corrected chi connectivity index (χ3v) is 8.57. The average molecular weight is 649 g/mol. The highest BCUT2D eigenvalue weighted by Crippen LogP contribution is 2.42. The number of hydrogen-bond acceptors (Lipinski definition) is 10. The number of halogens is 2. The smallest absolute Gasteiger partial charge is 0.303 e. The normalized spacial score (nSPS) is 11.0. The highest BCUT2D eigenvalue weighted by Gasteiger charge is 2.23. The zero-order valence-electron chi connectivity index (χ0n) is 23.5. The second kappa shape index (κ2) is 13.8. The summed E-state index contributed by atoms with van der Waals surface area (Å²) in [6, 6.07) is 5.68. The molecule has 14 heteroatoms. The minimum atomic E-state index is -1.11. The third-order valence-electron chi connectivity index (χ3n) is 6.33. The number of Topliss-reactive ketones (excluding diaryl/α,β-unsaturated/α-hetero) is 2. The number of methoxy groups -OCH3 is 2. The van der Waals surface area contributed by atoms with Gasteiger partial charge in [0.1, 0.15) is 13.2 Å². The van der Waals surface area contributed by atoms with Gasteiger partial charge in [-0.05, 0) is 17.7 Å². The fourth-order valence-electron chi connectivity index (χ4n) is 4.12. The summed E-state index contributed by atoms with van der Waals surface area (Å²) in [6.45, 7) is 3.35. The van der Waals surface area contributed by atoms with Crippen molar-refractivity contribution in [3.63, 3.8) is 0 Å². The van der Waals surface area contributed by atoms with Gasteiger partial charge in [-0.25, -0.2) is 8.78 Å². The first kappa shape index (κ1) is 32.4. The minimum absolute atomic E-state index is 0.0550. The number of ketones is 2. The second-order valence-corrected chi connectivity index (χ2v) is 11.6. The van der Waals surface area contributed by atoms with Crippen molar-refractivity contribution in [2.75, 3.05) is 27.4 Å². The van der Waals surface area contributed by atoms with Gasteiger partial charge in [0, 0.05) is 45.1 Å². The Morgan fingerprint density at radius 1 is 0.705 bits per heavy atom. The standard InChI is InChI=1S/C30H26F2O10S2/c1-14(12-41-29-19(39-2)10-21-15(27(29)31)8-23(43-21)17(33)4-6-25(35)36)13-42-30-20(40-3)11-22-16(28(30)32)9-24(44-22)18(34)5-7-26(37)38/h8-11H,1,4-7,12-13H2,2-3H3,(H,35,36)(H,37,38). The zero-order chi connectivity index (χ0) is 32.1. The molecular weight excluding hydrogens is 622 g/mol. The number of ether oxygens (including phenoxy) is 4. The Bertz CT molecular complexity index is 1660. The van der Waals surface area contributed by atoms with Crippen LogP contribution in [-0.2, 0) is 9.59 Å². The zero-order valence-corrected chi connectivity index (χ0v) is 25.1. The van der Waals surface area contributed by atoms with Crippen molar-refractivity contribution < 1.29 is 57.1 Å².